The van der Waals surface area contributed by atoms with Crippen molar-refractivity contribution in [2.45, 2.75) is 49.5 Å². The summed E-state index contributed by atoms with van der Waals surface area (Å²) in [6.07, 6.45) is 6.08. The molecule has 1 aromatic carbocycles. The lowest BCUT2D eigenvalue weighted by Crippen LogP contribution is -2.45. The van der Waals surface area contributed by atoms with Crippen molar-refractivity contribution in [3.63, 3.8) is 0 Å². The van der Waals surface area contributed by atoms with Crippen molar-refractivity contribution in [3.05, 3.63) is 28.3 Å². The molecule has 34 heavy (non-hydrogen) atoms. The highest BCUT2D eigenvalue weighted by atomic mass is 32.2. The number of morpholine rings is 1. The highest BCUT2D eigenvalue weighted by Crippen LogP contribution is 2.44. The minimum atomic E-state index is -3.82. The van der Waals surface area contributed by atoms with E-state index in [0.717, 1.165) is 6.07 Å². The second-order valence-electron chi connectivity index (χ2n) is 9.89. The average Bonchev–Trinajstić information content (AvgIpc) is 3.77. The summed E-state index contributed by atoms with van der Waals surface area (Å²) in [6.45, 7) is 2.12. The van der Waals surface area contributed by atoms with E-state index in [2.05, 4.69) is 5.32 Å². The van der Waals surface area contributed by atoms with Gasteiger partial charge >= 0.3 is 0 Å². The van der Waals surface area contributed by atoms with Gasteiger partial charge in [0.1, 0.15) is 5.69 Å². The number of rotatable bonds is 8. The van der Waals surface area contributed by atoms with Crippen LogP contribution in [0.1, 0.15) is 38.5 Å². The fourth-order valence-electron chi connectivity index (χ4n) is 5.21. The third-order valence-corrected chi connectivity index (χ3v) is 9.42. The van der Waals surface area contributed by atoms with Gasteiger partial charge in [0, 0.05) is 44.2 Å². The Morgan fingerprint density at radius 2 is 1.65 bits per heavy atom. The van der Waals surface area contributed by atoms with Gasteiger partial charge in [0.05, 0.1) is 23.0 Å². The molecule has 0 unspecified atom stereocenters. The van der Waals surface area contributed by atoms with Crippen molar-refractivity contribution in [2.24, 2.45) is 17.8 Å². The number of anilines is 1. The maximum Gasteiger partial charge on any atom is 0.293 e. The summed E-state index contributed by atoms with van der Waals surface area (Å²) in [5.41, 5.74) is 0.179. The zero-order chi connectivity index (χ0) is 23.9. The second kappa shape index (κ2) is 9.43. The summed E-state index contributed by atoms with van der Waals surface area (Å²) in [5.74, 6) is 1.32. The molecule has 0 spiro atoms. The Morgan fingerprint density at radius 3 is 2.21 bits per heavy atom. The van der Waals surface area contributed by atoms with E-state index in [-0.39, 0.29) is 35.5 Å². The molecule has 2 saturated heterocycles. The van der Waals surface area contributed by atoms with Gasteiger partial charge in [-0.25, -0.2) is 8.42 Å². The van der Waals surface area contributed by atoms with E-state index >= 15 is 0 Å². The molecule has 2 heterocycles. The molecule has 0 bridgehead atoms. The third kappa shape index (κ3) is 4.92. The number of amides is 1. The van der Waals surface area contributed by atoms with E-state index in [1.807, 2.05) is 4.90 Å². The maximum absolute atomic E-state index is 12.9. The molecule has 0 radical (unpaired) electrons. The van der Waals surface area contributed by atoms with Gasteiger partial charge in [0.25, 0.3) is 5.69 Å². The van der Waals surface area contributed by atoms with Crippen molar-refractivity contribution >= 4 is 27.3 Å². The van der Waals surface area contributed by atoms with Crippen molar-refractivity contribution in [1.29, 1.82) is 0 Å². The number of hydrogen-bond acceptors (Lipinski definition) is 7. The minimum Gasteiger partial charge on any atom is -0.379 e. The SMILES string of the molecule is O=C(NC(C1CC1)C1CC1)C1CCN(c2ccc(S(=O)(=O)N3CCOCC3)cc2[N+](=O)[O-])CC1. The summed E-state index contributed by atoms with van der Waals surface area (Å²) in [5, 5.41) is 15.1. The first-order chi connectivity index (χ1) is 16.3. The highest BCUT2D eigenvalue weighted by molar-refractivity contribution is 7.89. The van der Waals surface area contributed by atoms with Crippen LogP contribution in [0, 0.1) is 27.9 Å². The van der Waals surface area contributed by atoms with Crippen molar-refractivity contribution < 1.29 is 22.9 Å². The molecule has 4 fully saturated rings. The van der Waals surface area contributed by atoms with E-state index in [0.29, 0.717) is 62.7 Å². The van der Waals surface area contributed by atoms with Gasteiger partial charge in [-0.3, -0.25) is 14.9 Å². The Labute approximate surface area is 199 Å². The van der Waals surface area contributed by atoms with Gasteiger partial charge in [0.2, 0.25) is 15.9 Å². The number of nitrogens with one attached hydrogen (secondary N) is 1. The lowest BCUT2D eigenvalue weighted by molar-refractivity contribution is -0.384. The summed E-state index contributed by atoms with van der Waals surface area (Å²) in [4.78, 5) is 26.0. The van der Waals surface area contributed by atoms with Gasteiger partial charge in [0.15, 0.2) is 0 Å². The molecule has 0 atom stereocenters. The highest BCUT2D eigenvalue weighted by Gasteiger charge is 2.43. The van der Waals surface area contributed by atoms with Gasteiger partial charge in [-0.15, -0.1) is 0 Å². The smallest absolute Gasteiger partial charge is 0.293 e. The molecule has 2 aliphatic carbocycles. The maximum atomic E-state index is 12.9. The summed E-state index contributed by atoms with van der Waals surface area (Å²) >= 11 is 0. The van der Waals surface area contributed by atoms with E-state index in [1.54, 1.807) is 0 Å². The Balaban J connectivity index is 1.26. The molecular formula is C23H32N4O6S. The predicted octanol–water partition coefficient (Wildman–Crippen LogP) is 2.14. The summed E-state index contributed by atoms with van der Waals surface area (Å²) < 4.78 is 32.4. The average molecular weight is 493 g/mol. The van der Waals surface area contributed by atoms with Crippen molar-refractivity contribution in [1.82, 2.24) is 9.62 Å². The normalized spacial score (nSPS) is 22.7. The number of nitro benzene ring substituents is 1. The molecule has 4 aliphatic rings. The standard InChI is InChI=1S/C23H32N4O6S/c28-23(24-22(16-1-2-16)17-3-4-17)18-7-9-25(10-8-18)20-6-5-19(15-21(20)27(29)30)34(31,32)26-11-13-33-14-12-26/h5-6,15-18,22H,1-4,7-14H2,(H,24,28). The lowest BCUT2D eigenvalue weighted by atomic mass is 9.94. The van der Waals surface area contributed by atoms with E-state index in [1.165, 1.54) is 42.1 Å². The monoisotopic (exact) mass is 492 g/mol. The van der Waals surface area contributed by atoms with E-state index < -0.39 is 14.9 Å². The number of carbonyl (C=O) groups is 1. The lowest BCUT2D eigenvalue weighted by Gasteiger charge is -2.33. The number of piperidine rings is 1. The zero-order valence-corrected chi connectivity index (χ0v) is 20.0. The number of nitro groups is 1. The molecule has 5 rings (SSSR count). The first-order valence-corrected chi connectivity index (χ1v) is 13.7. The zero-order valence-electron chi connectivity index (χ0n) is 19.2. The second-order valence-corrected chi connectivity index (χ2v) is 11.8. The number of sulfonamides is 1. The number of hydrogen-bond donors (Lipinski definition) is 1. The minimum absolute atomic E-state index is 0.0784. The van der Waals surface area contributed by atoms with Gasteiger partial charge in [-0.1, -0.05) is 0 Å². The number of ether oxygens (including phenoxy) is 1. The van der Waals surface area contributed by atoms with Crippen LogP contribution in [0.15, 0.2) is 23.1 Å². The number of carbonyl (C=O) groups excluding carboxylic acids is 1. The number of nitrogens with zero attached hydrogens (tertiary/aromatic N) is 3. The molecule has 1 N–H and O–H groups in total. The van der Waals surface area contributed by atoms with Crippen LogP contribution in [0.25, 0.3) is 0 Å². The van der Waals surface area contributed by atoms with E-state index in [4.69, 9.17) is 4.74 Å². The van der Waals surface area contributed by atoms with Gasteiger partial charge in [-0.2, -0.15) is 4.31 Å². The van der Waals surface area contributed by atoms with Crippen LogP contribution >= 0.6 is 0 Å². The van der Waals surface area contributed by atoms with Crippen LogP contribution in [0.5, 0.6) is 0 Å². The number of benzene rings is 1. The molecule has 2 aliphatic heterocycles. The van der Waals surface area contributed by atoms with Crippen molar-refractivity contribution in [2.75, 3.05) is 44.3 Å². The first kappa shape index (κ1) is 23.5. The van der Waals surface area contributed by atoms with Crippen LogP contribution in [-0.4, -0.2) is 69.0 Å². The molecule has 186 valence electrons. The quantitative estimate of drug-likeness (QED) is 0.436. The third-order valence-electron chi connectivity index (χ3n) is 7.53. The van der Waals surface area contributed by atoms with Gasteiger partial charge in [-0.05, 0) is 62.5 Å². The molecular weight excluding hydrogens is 460 g/mol. The molecule has 1 amide bonds. The van der Waals surface area contributed by atoms with Crippen LogP contribution in [-0.2, 0) is 19.6 Å². The van der Waals surface area contributed by atoms with Crippen LogP contribution in [0.3, 0.4) is 0 Å². The Kier molecular flexibility index (Phi) is 6.51. The molecule has 0 aromatic heterocycles. The van der Waals surface area contributed by atoms with Crippen LogP contribution < -0.4 is 10.2 Å². The summed E-state index contributed by atoms with van der Waals surface area (Å²) in [6, 6.07) is 4.46. The van der Waals surface area contributed by atoms with Crippen LogP contribution in [0.4, 0.5) is 11.4 Å². The van der Waals surface area contributed by atoms with Crippen molar-refractivity contribution in [3.8, 4) is 0 Å². The Morgan fingerprint density at radius 1 is 1.03 bits per heavy atom. The predicted molar refractivity (Wildman–Crippen MR) is 125 cm³/mol. The Hall–Kier alpha value is -2.24. The van der Waals surface area contributed by atoms with Crippen LogP contribution in [0.2, 0.25) is 0 Å². The topological polar surface area (TPSA) is 122 Å². The molecule has 10 nitrogen and oxygen atoms in total. The molecule has 2 saturated carbocycles. The fraction of sp³-hybridized carbons (Fsp3) is 0.696. The van der Waals surface area contributed by atoms with Gasteiger partial charge < -0.3 is 15.0 Å². The molecule has 11 heteroatoms. The Bertz CT molecular complexity index is 1030. The summed E-state index contributed by atoms with van der Waals surface area (Å²) in [7, 11) is -3.82. The first-order valence-electron chi connectivity index (χ1n) is 12.3. The largest absolute Gasteiger partial charge is 0.379 e. The molecule has 1 aromatic rings. The fourth-order valence-corrected chi connectivity index (χ4v) is 6.64. The van der Waals surface area contributed by atoms with E-state index in [9.17, 15) is 23.3 Å².